The van der Waals surface area contributed by atoms with Crippen LogP contribution in [0.5, 0.6) is 11.5 Å². The monoisotopic (exact) mass is 271 g/mol. The zero-order chi connectivity index (χ0) is 14.4. The van der Waals surface area contributed by atoms with E-state index in [4.69, 9.17) is 10.6 Å². The summed E-state index contributed by atoms with van der Waals surface area (Å²) in [5, 5.41) is 0. The fraction of sp³-hybridized carbons (Fsp3) is 0.188. The summed E-state index contributed by atoms with van der Waals surface area (Å²) in [5.74, 6) is 5.97. The highest BCUT2D eigenvalue weighted by Crippen LogP contribution is 2.26. The van der Waals surface area contributed by atoms with E-state index in [1.807, 2.05) is 61.5 Å². The normalized spacial score (nSPS) is 11.7. The number of hydrogen-bond acceptors (Lipinski definition) is 4. The van der Waals surface area contributed by atoms with Gasteiger partial charge < -0.3 is 9.57 Å². The van der Waals surface area contributed by atoms with Crippen molar-refractivity contribution < 1.29 is 14.4 Å². The first kappa shape index (κ1) is 14.1. The summed E-state index contributed by atoms with van der Waals surface area (Å²) in [6, 6.07) is 17.2. The minimum Gasteiger partial charge on any atom is -0.457 e. The van der Waals surface area contributed by atoms with Crippen LogP contribution < -0.4 is 10.6 Å². The summed E-state index contributed by atoms with van der Waals surface area (Å²) < 4.78 is 5.76. The van der Waals surface area contributed by atoms with Gasteiger partial charge in [-0.2, -0.15) is 5.90 Å². The SMILES string of the molecule is C[C@@H](CC(=O)ON)c1cccc(Oc2ccccc2)c1. The van der Waals surface area contributed by atoms with E-state index in [1.54, 1.807) is 0 Å². The third-order valence-electron chi connectivity index (χ3n) is 3.01. The maximum absolute atomic E-state index is 11.2. The van der Waals surface area contributed by atoms with Crippen LogP contribution in [0.3, 0.4) is 0 Å². The van der Waals surface area contributed by atoms with E-state index in [-0.39, 0.29) is 12.3 Å². The van der Waals surface area contributed by atoms with Crippen molar-refractivity contribution in [1.82, 2.24) is 0 Å². The molecule has 2 rings (SSSR count). The summed E-state index contributed by atoms with van der Waals surface area (Å²) in [6.45, 7) is 1.94. The Labute approximate surface area is 118 Å². The van der Waals surface area contributed by atoms with Crippen molar-refractivity contribution in [2.24, 2.45) is 5.90 Å². The van der Waals surface area contributed by atoms with E-state index >= 15 is 0 Å². The Morgan fingerprint density at radius 2 is 1.80 bits per heavy atom. The maximum Gasteiger partial charge on any atom is 0.325 e. The van der Waals surface area contributed by atoms with E-state index in [0.29, 0.717) is 0 Å². The van der Waals surface area contributed by atoms with E-state index in [2.05, 4.69) is 4.84 Å². The molecule has 1 atom stereocenters. The average molecular weight is 271 g/mol. The van der Waals surface area contributed by atoms with Crippen LogP contribution in [0, 0.1) is 0 Å². The first-order chi connectivity index (χ1) is 9.69. The predicted octanol–water partition coefficient (Wildman–Crippen LogP) is 3.39. The van der Waals surface area contributed by atoms with Crippen LogP contribution >= 0.6 is 0 Å². The Balaban J connectivity index is 2.09. The van der Waals surface area contributed by atoms with E-state index in [9.17, 15) is 4.79 Å². The number of para-hydroxylation sites is 1. The Morgan fingerprint density at radius 3 is 2.50 bits per heavy atom. The number of hydrogen-bond donors (Lipinski definition) is 1. The Morgan fingerprint density at radius 1 is 1.10 bits per heavy atom. The van der Waals surface area contributed by atoms with Crippen LogP contribution in [-0.4, -0.2) is 5.97 Å². The second-order valence-electron chi connectivity index (χ2n) is 4.58. The summed E-state index contributed by atoms with van der Waals surface area (Å²) >= 11 is 0. The largest absolute Gasteiger partial charge is 0.457 e. The second kappa shape index (κ2) is 6.73. The van der Waals surface area contributed by atoms with E-state index < -0.39 is 5.97 Å². The van der Waals surface area contributed by atoms with Gasteiger partial charge in [-0.25, -0.2) is 0 Å². The molecule has 0 saturated heterocycles. The number of ether oxygens (including phenoxy) is 1. The van der Waals surface area contributed by atoms with Gasteiger partial charge in [-0.05, 0) is 35.7 Å². The van der Waals surface area contributed by atoms with Gasteiger partial charge in [0.05, 0.1) is 6.42 Å². The molecular weight excluding hydrogens is 254 g/mol. The van der Waals surface area contributed by atoms with Crippen molar-refractivity contribution in [1.29, 1.82) is 0 Å². The lowest BCUT2D eigenvalue weighted by Crippen LogP contribution is -2.12. The molecule has 0 aromatic heterocycles. The van der Waals surface area contributed by atoms with Gasteiger partial charge in [0.15, 0.2) is 0 Å². The molecule has 0 aliphatic rings. The third kappa shape index (κ3) is 3.83. The Bertz CT molecular complexity index is 569. The van der Waals surface area contributed by atoms with Crippen molar-refractivity contribution in [2.75, 3.05) is 0 Å². The van der Waals surface area contributed by atoms with Crippen molar-refractivity contribution in [2.45, 2.75) is 19.3 Å². The average Bonchev–Trinajstić information content (AvgIpc) is 2.48. The van der Waals surface area contributed by atoms with Crippen molar-refractivity contribution in [3.8, 4) is 11.5 Å². The molecule has 2 aromatic carbocycles. The molecule has 0 amide bonds. The van der Waals surface area contributed by atoms with Crippen molar-refractivity contribution >= 4 is 5.97 Å². The van der Waals surface area contributed by atoms with Crippen LogP contribution in [0.25, 0.3) is 0 Å². The van der Waals surface area contributed by atoms with Crippen LogP contribution in [0.2, 0.25) is 0 Å². The molecule has 0 fully saturated rings. The topological polar surface area (TPSA) is 61.5 Å². The lowest BCUT2D eigenvalue weighted by Gasteiger charge is -2.12. The molecule has 0 unspecified atom stereocenters. The number of carbonyl (C=O) groups excluding carboxylic acids is 1. The molecule has 0 spiro atoms. The molecule has 0 aliphatic carbocycles. The van der Waals surface area contributed by atoms with Gasteiger partial charge in [0.2, 0.25) is 0 Å². The van der Waals surface area contributed by atoms with Crippen LogP contribution in [0.4, 0.5) is 0 Å². The molecule has 104 valence electrons. The third-order valence-corrected chi connectivity index (χ3v) is 3.01. The maximum atomic E-state index is 11.2. The van der Waals surface area contributed by atoms with Gasteiger partial charge in [0.1, 0.15) is 11.5 Å². The van der Waals surface area contributed by atoms with Crippen molar-refractivity contribution in [3.05, 3.63) is 60.2 Å². The summed E-state index contributed by atoms with van der Waals surface area (Å²) in [4.78, 5) is 15.4. The number of nitrogens with two attached hydrogens (primary N) is 1. The molecule has 0 aliphatic heterocycles. The van der Waals surface area contributed by atoms with Crippen LogP contribution in [0.15, 0.2) is 54.6 Å². The standard InChI is InChI=1S/C16H17NO3/c1-12(10-16(18)20-17)13-6-5-9-15(11-13)19-14-7-3-2-4-8-14/h2-9,11-12H,10,17H2,1H3/t12-/m0/s1. The Kier molecular flexibility index (Phi) is 4.74. The van der Waals surface area contributed by atoms with Gasteiger partial charge in [-0.1, -0.05) is 37.3 Å². The van der Waals surface area contributed by atoms with Crippen molar-refractivity contribution in [3.63, 3.8) is 0 Å². The first-order valence-electron chi connectivity index (χ1n) is 6.41. The Hall–Kier alpha value is -2.33. The fourth-order valence-corrected chi connectivity index (χ4v) is 1.93. The molecule has 2 N–H and O–H groups in total. The van der Waals surface area contributed by atoms with Gasteiger partial charge in [-0.15, -0.1) is 0 Å². The zero-order valence-electron chi connectivity index (χ0n) is 11.3. The second-order valence-corrected chi connectivity index (χ2v) is 4.58. The minimum atomic E-state index is -0.424. The zero-order valence-corrected chi connectivity index (χ0v) is 11.3. The van der Waals surface area contributed by atoms with Gasteiger partial charge in [0.25, 0.3) is 0 Å². The molecule has 0 bridgehead atoms. The van der Waals surface area contributed by atoms with Gasteiger partial charge >= 0.3 is 5.97 Å². The summed E-state index contributed by atoms with van der Waals surface area (Å²) in [5.41, 5.74) is 1.00. The predicted molar refractivity (Wildman–Crippen MR) is 76.3 cm³/mol. The molecule has 2 aromatic rings. The van der Waals surface area contributed by atoms with Gasteiger partial charge in [-0.3, -0.25) is 4.79 Å². The molecule has 4 nitrogen and oxygen atoms in total. The first-order valence-corrected chi connectivity index (χ1v) is 6.41. The summed E-state index contributed by atoms with van der Waals surface area (Å²) in [6.07, 6.45) is 0.241. The van der Waals surface area contributed by atoms with E-state index in [0.717, 1.165) is 17.1 Å². The molecule has 0 radical (unpaired) electrons. The van der Waals surface area contributed by atoms with Crippen LogP contribution in [0.1, 0.15) is 24.8 Å². The highest BCUT2D eigenvalue weighted by Gasteiger charge is 2.12. The smallest absolute Gasteiger partial charge is 0.325 e. The summed E-state index contributed by atoms with van der Waals surface area (Å²) in [7, 11) is 0. The molecule has 20 heavy (non-hydrogen) atoms. The molecule has 0 heterocycles. The highest BCUT2D eigenvalue weighted by molar-refractivity contribution is 5.70. The van der Waals surface area contributed by atoms with Crippen LogP contribution in [-0.2, 0) is 9.63 Å². The lowest BCUT2D eigenvalue weighted by atomic mass is 9.98. The highest BCUT2D eigenvalue weighted by atomic mass is 16.7. The number of rotatable bonds is 5. The number of carbonyl (C=O) groups is 1. The number of benzene rings is 2. The quantitative estimate of drug-likeness (QED) is 0.847. The molecule has 4 heteroatoms. The molecule has 0 saturated carbocycles. The fourth-order valence-electron chi connectivity index (χ4n) is 1.93. The lowest BCUT2D eigenvalue weighted by molar-refractivity contribution is -0.144. The minimum absolute atomic E-state index is 0.0189. The van der Waals surface area contributed by atoms with E-state index in [1.165, 1.54) is 0 Å². The van der Waals surface area contributed by atoms with Gasteiger partial charge in [0, 0.05) is 0 Å². The molecular formula is C16H17NO3.